The Morgan fingerprint density at radius 2 is 1.56 bits per heavy atom. The third-order valence-electron chi connectivity index (χ3n) is 1.54. The Hall–Kier alpha value is -1.84. The van der Waals surface area contributed by atoms with Gasteiger partial charge in [0.1, 0.15) is 5.76 Å². The molecule has 4 nitrogen and oxygen atoms in total. The van der Waals surface area contributed by atoms with Crippen molar-refractivity contribution in [1.82, 2.24) is 0 Å². The summed E-state index contributed by atoms with van der Waals surface area (Å²) >= 11 is 0. The molecule has 0 spiro atoms. The lowest BCUT2D eigenvalue weighted by Gasteiger charge is -2.03. The zero-order valence-corrected chi connectivity index (χ0v) is 9.94. The molecule has 0 atom stereocenters. The van der Waals surface area contributed by atoms with Gasteiger partial charge in [-0.1, -0.05) is 12.2 Å². The first-order chi connectivity index (χ1) is 7.47. The number of hydrogen-bond acceptors (Lipinski definition) is 4. The van der Waals surface area contributed by atoms with E-state index in [1.165, 1.54) is 26.2 Å². The largest absolute Gasteiger partial charge is 0.466 e. The lowest BCUT2D eigenvalue weighted by molar-refractivity contribution is -0.136. The molecular formula is C12H16O4. The number of methoxy groups -OCH3 is 1. The zero-order chi connectivity index (χ0) is 12.6. The number of esters is 2. The highest BCUT2D eigenvalue weighted by Gasteiger charge is 1.99. The smallest absolute Gasteiger partial charge is 0.330 e. The molecule has 0 rings (SSSR count). The van der Waals surface area contributed by atoms with Gasteiger partial charge >= 0.3 is 11.9 Å². The van der Waals surface area contributed by atoms with Crippen molar-refractivity contribution < 1.29 is 19.1 Å². The molecule has 0 saturated carbocycles. The molecule has 0 unspecified atom stereocenters. The lowest BCUT2D eigenvalue weighted by Crippen LogP contribution is -1.98. The summed E-state index contributed by atoms with van der Waals surface area (Å²) in [6.07, 6.45) is 5.99. The van der Waals surface area contributed by atoms with Crippen LogP contribution in [0.15, 0.2) is 35.6 Å². The van der Waals surface area contributed by atoms with E-state index in [-0.39, 0.29) is 5.97 Å². The second kappa shape index (κ2) is 7.45. The highest BCUT2D eigenvalue weighted by molar-refractivity contribution is 5.82. The molecule has 4 heteroatoms. The van der Waals surface area contributed by atoms with Gasteiger partial charge in [-0.15, -0.1) is 0 Å². The van der Waals surface area contributed by atoms with Gasteiger partial charge in [0.05, 0.1) is 7.11 Å². The molecule has 0 N–H and O–H groups in total. The minimum atomic E-state index is -0.434. The van der Waals surface area contributed by atoms with E-state index in [9.17, 15) is 9.59 Å². The summed E-state index contributed by atoms with van der Waals surface area (Å²) in [4.78, 5) is 21.5. The molecule has 0 bridgehead atoms. The van der Waals surface area contributed by atoms with Crippen molar-refractivity contribution in [3.8, 4) is 0 Å². The Balaban J connectivity index is 4.49. The van der Waals surface area contributed by atoms with Crippen LogP contribution in [0.5, 0.6) is 0 Å². The highest BCUT2D eigenvalue weighted by atomic mass is 16.5. The normalized spacial score (nSPS) is 10.5. The summed E-state index contributed by atoms with van der Waals surface area (Å²) < 4.78 is 9.36. The zero-order valence-electron chi connectivity index (χ0n) is 9.94. The first-order valence-corrected chi connectivity index (χ1v) is 4.76. The number of allylic oxidation sites excluding steroid dienone is 4. The van der Waals surface area contributed by atoms with Crippen molar-refractivity contribution in [2.24, 2.45) is 0 Å². The van der Waals surface area contributed by atoms with Gasteiger partial charge in [-0.2, -0.15) is 0 Å². The Labute approximate surface area is 95.2 Å². The van der Waals surface area contributed by atoms with Crippen LogP contribution in [-0.2, 0) is 19.1 Å². The van der Waals surface area contributed by atoms with Gasteiger partial charge in [-0.3, -0.25) is 4.79 Å². The summed E-state index contributed by atoms with van der Waals surface area (Å²) in [6.45, 7) is 4.99. The van der Waals surface area contributed by atoms with Crippen LogP contribution in [-0.4, -0.2) is 19.0 Å². The number of ether oxygens (including phenoxy) is 2. The van der Waals surface area contributed by atoms with Crippen LogP contribution < -0.4 is 0 Å². The van der Waals surface area contributed by atoms with Gasteiger partial charge in [0.15, 0.2) is 0 Å². The molecule has 0 aliphatic carbocycles. The molecule has 88 valence electrons. The van der Waals surface area contributed by atoms with Gasteiger partial charge in [-0.05, 0) is 25.5 Å². The predicted octanol–water partition coefficient (Wildman–Crippen LogP) is 2.13. The van der Waals surface area contributed by atoms with Crippen molar-refractivity contribution in [1.29, 1.82) is 0 Å². The van der Waals surface area contributed by atoms with Crippen molar-refractivity contribution in [3.05, 3.63) is 35.6 Å². The third-order valence-corrected chi connectivity index (χ3v) is 1.54. The Morgan fingerprint density at radius 1 is 1.00 bits per heavy atom. The van der Waals surface area contributed by atoms with Gasteiger partial charge in [-0.25, -0.2) is 4.79 Å². The summed E-state index contributed by atoms with van der Waals surface area (Å²) in [5, 5.41) is 0. The van der Waals surface area contributed by atoms with Crippen molar-refractivity contribution in [2.75, 3.05) is 7.11 Å². The number of rotatable bonds is 4. The van der Waals surface area contributed by atoms with E-state index in [0.29, 0.717) is 5.76 Å². The van der Waals surface area contributed by atoms with Crippen LogP contribution in [0.2, 0.25) is 0 Å². The summed E-state index contributed by atoms with van der Waals surface area (Å²) in [6, 6.07) is 0. The summed E-state index contributed by atoms with van der Waals surface area (Å²) in [5.74, 6) is -0.337. The average molecular weight is 224 g/mol. The Morgan fingerprint density at radius 3 is 2.00 bits per heavy atom. The standard InChI is InChI=1S/C12H16O4/c1-9(2)11(16-10(3)13)7-5-6-8-12(14)15-4/h5-8H,1-4H3/b7-5-,8-6+. The van der Waals surface area contributed by atoms with E-state index in [4.69, 9.17) is 4.74 Å². The summed E-state index contributed by atoms with van der Waals surface area (Å²) in [5.41, 5.74) is 0.873. The van der Waals surface area contributed by atoms with E-state index >= 15 is 0 Å². The van der Waals surface area contributed by atoms with Gasteiger partial charge in [0.2, 0.25) is 0 Å². The van der Waals surface area contributed by atoms with Gasteiger partial charge < -0.3 is 9.47 Å². The summed E-state index contributed by atoms with van der Waals surface area (Å²) in [7, 11) is 1.30. The molecule has 0 aliphatic rings. The molecule has 0 amide bonds. The maximum Gasteiger partial charge on any atom is 0.330 e. The molecule has 0 aromatic carbocycles. The van der Waals surface area contributed by atoms with E-state index in [2.05, 4.69) is 4.74 Å². The SMILES string of the molecule is COC(=O)/C=C/C=C\C(OC(C)=O)=C(C)C. The molecule has 0 saturated heterocycles. The number of carbonyl (C=O) groups excluding carboxylic acids is 2. The van der Waals surface area contributed by atoms with Crippen molar-refractivity contribution >= 4 is 11.9 Å². The molecular weight excluding hydrogens is 208 g/mol. The number of carbonyl (C=O) groups is 2. The molecule has 0 heterocycles. The molecule has 0 fully saturated rings. The van der Waals surface area contributed by atoms with E-state index in [0.717, 1.165) is 5.57 Å². The minimum Gasteiger partial charge on any atom is -0.466 e. The van der Waals surface area contributed by atoms with E-state index in [1.54, 1.807) is 12.2 Å². The molecule has 0 aromatic heterocycles. The van der Waals surface area contributed by atoms with Crippen LogP contribution in [0.3, 0.4) is 0 Å². The molecule has 16 heavy (non-hydrogen) atoms. The molecule has 0 aliphatic heterocycles. The van der Waals surface area contributed by atoms with Gasteiger partial charge in [0, 0.05) is 13.0 Å². The third kappa shape index (κ3) is 6.59. The fraction of sp³-hybridized carbons (Fsp3) is 0.333. The van der Waals surface area contributed by atoms with Crippen molar-refractivity contribution in [2.45, 2.75) is 20.8 Å². The maximum absolute atomic E-state index is 10.8. The quantitative estimate of drug-likeness (QED) is 0.318. The van der Waals surface area contributed by atoms with E-state index in [1.807, 2.05) is 13.8 Å². The second-order valence-electron chi connectivity index (χ2n) is 3.20. The van der Waals surface area contributed by atoms with E-state index < -0.39 is 5.97 Å². The van der Waals surface area contributed by atoms with Crippen LogP contribution in [0, 0.1) is 0 Å². The highest BCUT2D eigenvalue weighted by Crippen LogP contribution is 2.07. The monoisotopic (exact) mass is 224 g/mol. The fourth-order valence-corrected chi connectivity index (χ4v) is 0.803. The fourth-order valence-electron chi connectivity index (χ4n) is 0.803. The maximum atomic E-state index is 10.8. The second-order valence-corrected chi connectivity index (χ2v) is 3.20. The number of hydrogen-bond donors (Lipinski definition) is 0. The molecule has 0 radical (unpaired) electrons. The first-order valence-electron chi connectivity index (χ1n) is 4.76. The lowest BCUT2D eigenvalue weighted by atomic mass is 10.2. The van der Waals surface area contributed by atoms with Gasteiger partial charge in [0.25, 0.3) is 0 Å². The first kappa shape index (κ1) is 14.2. The van der Waals surface area contributed by atoms with Crippen LogP contribution in [0.1, 0.15) is 20.8 Å². The Bertz CT molecular complexity index is 344. The molecule has 0 aromatic rings. The predicted molar refractivity (Wildman–Crippen MR) is 60.4 cm³/mol. The van der Waals surface area contributed by atoms with Crippen molar-refractivity contribution in [3.63, 3.8) is 0 Å². The Kier molecular flexibility index (Phi) is 6.59. The average Bonchev–Trinajstić information content (AvgIpc) is 2.21. The van der Waals surface area contributed by atoms with Crippen LogP contribution in [0.4, 0.5) is 0 Å². The topological polar surface area (TPSA) is 52.6 Å². The van der Waals surface area contributed by atoms with Crippen LogP contribution >= 0.6 is 0 Å². The minimum absolute atomic E-state index is 0.377. The van der Waals surface area contributed by atoms with Crippen LogP contribution in [0.25, 0.3) is 0 Å².